The number of hydrogen-bond donors (Lipinski definition) is 0. The van der Waals surface area contributed by atoms with Crippen molar-refractivity contribution in [3.63, 3.8) is 0 Å². The van der Waals surface area contributed by atoms with Crippen LogP contribution in [-0.2, 0) is 0 Å². The third-order valence-corrected chi connectivity index (χ3v) is 2.42. The molecule has 42 valence electrons. The maximum Gasteiger partial charge on any atom is 0.0384 e. The topological polar surface area (TPSA) is 0 Å². The van der Waals surface area contributed by atoms with Gasteiger partial charge in [0.2, 0.25) is 0 Å². The number of rotatable bonds is 0. The predicted molar refractivity (Wildman–Crippen MR) is 45.6 cm³/mol. The van der Waals surface area contributed by atoms with Crippen molar-refractivity contribution in [3.05, 3.63) is 24.3 Å². The Balaban J connectivity index is 3.08. The van der Waals surface area contributed by atoms with Gasteiger partial charge in [-0.05, 0) is 0 Å². The molecule has 0 aliphatic rings. The minimum absolute atomic E-state index is 1.19. The number of hydrogen-bond acceptors (Lipinski definition) is 0. The van der Waals surface area contributed by atoms with Crippen molar-refractivity contribution >= 4 is 30.9 Å². The Labute approximate surface area is 55.8 Å². The second-order valence-corrected chi connectivity index (χ2v) is 4.47. The molecule has 8 heavy (non-hydrogen) atoms. The van der Waals surface area contributed by atoms with Gasteiger partial charge in [-0.3, -0.25) is 0 Å². The molecule has 0 amide bonds. The highest BCUT2D eigenvalue weighted by Gasteiger charge is 1.80. The lowest BCUT2D eigenvalue weighted by Crippen LogP contribution is -2.11. The quantitative estimate of drug-likeness (QED) is 0.353. The van der Waals surface area contributed by atoms with Crippen LogP contribution in [-0.4, -0.2) is 20.5 Å². The van der Waals surface area contributed by atoms with Gasteiger partial charge in [-0.25, -0.2) is 0 Å². The fourth-order valence-electron chi connectivity index (χ4n) is 0.807. The summed E-state index contributed by atoms with van der Waals surface area (Å²) in [4.78, 5) is 0. The molecule has 0 atom stereocenters. The third kappa shape index (κ3) is 1.31. The molecular weight excluding hydrogens is 128 g/mol. The zero-order valence-electron chi connectivity index (χ0n) is 5.31. The standard InChI is InChI=1S/C6H10Si2/c7-5-2-1-3-6(8)4-5/h1-4H,7-8H3. The molecule has 1 aromatic carbocycles. The first-order valence-corrected chi connectivity index (χ1v) is 4.82. The maximum absolute atomic E-state index is 2.29. The summed E-state index contributed by atoms with van der Waals surface area (Å²) in [6.45, 7) is 0. The van der Waals surface area contributed by atoms with Gasteiger partial charge in [-0.2, -0.15) is 0 Å². The molecule has 0 aliphatic carbocycles. The van der Waals surface area contributed by atoms with Crippen molar-refractivity contribution in [3.8, 4) is 0 Å². The molecule has 0 heterocycles. The second kappa shape index (κ2) is 2.28. The van der Waals surface area contributed by atoms with E-state index in [0.717, 1.165) is 0 Å². The highest BCUT2D eigenvalue weighted by atomic mass is 28.1. The second-order valence-electron chi connectivity index (χ2n) is 2.16. The summed E-state index contributed by atoms with van der Waals surface area (Å²) in [6.07, 6.45) is 0. The van der Waals surface area contributed by atoms with Crippen molar-refractivity contribution in [1.29, 1.82) is 0 Å². The Bertz CT molecular complexity index is 166. The first-order chi connectivity index (χ1) is 3.79. The molecule has 0 bridgehead atoms. The van der Waals surface area contributed by atoms with E-state index < -0.39 is 0 Å². The molecule has 0 radical (unpaired) electrons. The SMILES string of the molecule is [SiH3]c1cccc([SiH3])c1. The van der Waals surface area contributed by atoms with Crippen LogP contribution in [0.15, 0.2) is 24.3 Å². The van der Waals surface area contributed by atoms with Crippen molar-refractivity contribution in [1.82, 2.24) is 0 Å². The predicted octanol–water partition coefficient (Wildman–Crippen LogP) is -2.33. The fraction of sp³-hybridized carbons (Fsp3) is 0. The van der Waals surface area contributed by atoms with Gasteiger partial charge in [0.15, 0.2) is 0 Å². The van der Waals surface area contributed by atoms with Crippen molar-refractivity contribution in [2.24, 2.45) is 0 Å². The van der Waals surface area contributed by atoms with E-state index in [1.807, 2.05) is 0 Å². The molecular formula is C6H10Si2. The normalized spacial score (nSPS) is 10.0. The van der Waals surface area contributed by atoms with E-state index in [2.05, 4.69) is 24.3 Å². The van der Waals surface area contributed by atoms with Gasteiger partial charge < -0.3 is 0 Å². The van der Waals surface area contributed by atoms with Crippen LogP contribution >= 0.6 is 0 Å². The molecule has 0 aromatic heterocycles. The molecule has 0 unspecified atom stereocenters. The first kappa shape index (κ1) is 5.78. The van der Waals surface area contributed by atoms with E-state index in [9.17, 15) is 0 Å². The summed E-state index contributed by atoms with van der Waals surface area (Å²) in [7, 11) is 2.39. The van der Waals surface area contributed by atoms with Gasteiger partial charge in [0, 0.05) is 20.5 Å². The van der Waals surface area contributed by atoms with Gasteiger partial charge in [0.1, 0.15) is 0 Å². The Morgan fingerprint density at radius 3 is 1.75 bits per heavy atom. The zero-order chi connectivity index (χ0) is 5.98. The summed E-state index contributed by atoms with van der Waals surface area (Å²) in [6, 6.07) is 8.81. The molecule has 0 spiro atoms. The van der Waals surface area contributed by atoms with E-state index in [0.29, 0.717) is 0 Å². The molecule has 1 aromatic rings. The third-order valence-electron chi connectivity index (χ3n) is 1.17. The van der Waals surface area contributed by atoms with Crippen molar-refractivity contribution in [2.45, 2.75) is 0 Å². The monoisotopic (exact) mass is 138 g/mol. The molecule has 1 rings (SSSR count). The lowest BCUT2D eigenvalue weighted by Gasteiger charge is -1.90. The van der Waals surface area contributed by atoms with E-state index in [1.54, 1.807) is 0 Å². The highest BCUT2D eigenvalue weighted by molar-refractivity contribution is 6.37. The lowest BCUT2D eigenvalue weighted by molar-refractivity contribution is 1.84. The van der Waals surface area contributed by atoms with Crippen molar-refractivity contribution < 1.29 is 0 Å². The first-order valence-electron chi connectivity index (χ1n) is 2.82. The molecule has 0 aliphatic heterocycles. The van der Waals surface area contributed by atoms with E-state index in [1.165, 1.54) is 30.9 Å². The molecule has 0 nitrogen and oxygen atoms in total. The molecule has 0 saturated heterocycles. The van der Waals surface area contributed by atoms with Crippen LogP contribution < -0.4 is 10.4 Å². The summed E-state index contributed by atoms with van der Waals surface area (Å²) in [5.41, 5.74) is 0. The Morgan fingerprint density at radius 1 is 1.00 bits per heavy atom. The van der Waals surface area contributed by atoms with Crippen LogP contribution in [0.2, 0.25) is 0 Å². The Kier molecular flexibility index (Phi) is 1.65. The highest BCUT2D eigenvalue weighted by Crippen LogP contribution is 1.73. The Hall–Kier alpha value is -0.346. The van der Waals surface area contributed by atoms with E-state index >= 15 is 0 Å². The smallest absolute Gasteiger partial charge is 0.0384 e. The summed E-state index contributed by atoms with van der Waals surface area (Å²) in [5, 5.41) is 3.02. The average molecular weight is 138 g/mol. The molecule has 2 heteroatoms. The summed E-state index contributed by atoms with van der Waals surface area (Å²) >= 11 is 0. The van der Waals surface area contributed by atoms with Crippen molar-refractivity contribution in [2.75, 3.05) is 0 Å². The van der Waals surface area contributed by atoms with Gasteiger partial charge >= 0.3 is 0 Å². The molecule has 0 saturated carbocycles. The number of benzene rings is 1. The Morgan fingerprint density at radius 2 is 1.50 bits per heavy atom. The maximum atomic E-state index is 2.29. The minimum Gasteiger partial charge on any atom is -0.0709 e. The zero-order valence-corrected chi connectivity index (χ0v) is 9.31. The summed E-state index contributed by atoms with van der Waals surface area (Å²) in [5.74, 6) is 0. The van der Waals surface area contributed by atoms with E-state index in [4.69, 9.17) is 0 Å². The van der Waals surface area contributed by atoms with Gasteiger partial charge in [0.25, 0.3) is 0 Å². The fourth-order valence-corrected chi connectivity index (χ4v) is 2.68. The largest absolute Gasteiger partial charge is 0.0709 e. The van der Waals surface area contributed by atoms with Crippen LogP contribution in [0.4, 0.5) is 0 Å². The molecule has 0 N–H and O–H groups in total. The van der Waals surface area contributed by atoms with Crippen LogP contribution in [0.5, 0.6) is 0 Å². The van der Waals surface area contributed by atoms with Crippen LogP contribution in [0.25, 0.3) is 0 Å². The van der Waals surface area contributed by atoms with Gasteiger partial charge in [0.05, 0.1) is 0 Å². The van der Waals surface area contributed by atoms with Gasteiger partial charge in [-0.15, -0.1) is 0 Å². The van der Waals surface area contributed by atoms with Crippen LogP contribution in [0, 0.1) is 0 Å². The van der Waals surface area contributed by atoms with E-state index in [-0.39, 0.29) is 0 Å². The van der Waals surface area contributed by atoms with Crippen LogP contribution in [0.3, 0.4) is 0 Å². The minimum atomic E-state index is 1.19. The van der Waals surface area contributed by atoms with Crippen LogP contribution in [0.1, 0.15) is 0 Å². The lowest BCUT2D eigenvalue weighted by atomic mass is 10.4. The van der Waals surface area contributed by atoms with Gasteiger partial charge in [-0.1, -0.05) is 34.6 Å². The summed E-state index contributed by atoms with van der Waals surface area (Å²) < 4.78 is 0. The molecule has 0 fully saturated rings. The average Bonchev–Trinajstić information content (AvgIpc) is 1.64.